The second-order valence-electron chi connectivity index (χ2n) is 5.18. The molecule has 0 saturated carbocycles. The third-order valence-electron chi connectivity index (χ3n) is 3.19. The van der Waals surface area contributed by atoms with Crippen LogP contribution in [0.15, 0.2) is 47.5 Å². The molecule has 0 aliphatic heterocycles. The van der Waals surface area contributed by atoms with Gasteiger partial charge in [-0.3, -0.25) is 4.79 Å². The van der Waals surface area contributed by atoms with Gasteiger partial charge in [-0.1, -0.05) is 11.6 Å². The summed E-state index contributed by atoms with van der Waals surface area (Å²) in [6.45, 7) is 1.41. The van der Waals surface area contributed by atoms with Gasteiger partial charge in [0.1, 0.15) is 0 Å². The van der Waals surface area contributed by atoms with Crippen LogP contribution in [0.5, 0.6) is 0 Å². The molecular formula is C16H15ClN2O5S. The summed E-state index contributed by atoms with van der Waals surface area (Å²) in [5.74, 6) is -1.32. The van der Waals surface area contributed by atoms with Crippen LogP contribution in [0, 0.1) is 0 Å². The normalized spacial score (nSPS) is 12.3. The Kier molecular flexibility index (Phi) is 5.76. The summed E-state index contributed by atoms with van der Waals surface area (Å²) in [6.07, 6.45) is 1.45. The molecule has 1 atom stereocenters. The van der Waals surface area contributed by atoms with E-state index in [9.17, 15) is 18.0 Å². The molecule has 1 N–H and O–H groups in total. The van der Waals surface area contributed by atoms with Crippen LogP contribution in [-0.2, 0) is 19.4 Å². The lowest BCUT2D eigenvalue weighted by Crippen LogP contribution is -2.30. The number of amides is 1. The van der Waals surface area contributed by atoms with E-state index in [0.29, 0.717) is 5.69 Å². The molecule has 0 unspecified atom stereocenters. The highest BCUT2D eigenvalue weighted by atomic mass is 35.5. The van der Waals surface area contributed by atoms with Crippen molar-refractivity contribution in [2.45, 2.75) is 17.9 Å². The summed E-state index contributed by atoms with van der Waals surface area (Å²) >= 11 is 5.84. The number of carbonyl (C=O) groups excluding carboxylic acids is 2. The van der Waals surface area contributed by atoms with E-state index in [1.54, 1.807) is 12.1 Å². The Labute approximate surface area is 149 Å². The summed E-state index contributed by atoms with van der Waals surface area (Å²) in [5, 5.41) is 2.62. The summed E-state index contributed by atoms with van der Waals surface area (Å²) in [7, 11) is -3.36. The summed E-state index contributed by atoms with van der Waals surface area (Å²) in [4.78, 5) is 28.0. The third kappa shape index (κ3) is 5.01. The number of aromatic nitrogens is 1. The van der Waals surface area contributed by atoms with Gasteiger partial charge < -0.3 is 10.1 Å². The molecule has 9 heteroatoms. The first-order valence-corrected chi connectivity index (χ1v) is 9.38. The number of esters is 1. The lowest BCUT2D eigenvalue weighted by molar-refractivity contribution is -0.123. The van der Waals surface area contributed by atoms with Crippen LogP contribution < -0.4 is 5.32 Å². The van der Waals surface area contributed by atoms with Crippen molar-refractivity contribution in [2.75, 3.05) is 11.6 Å². The molecule has 1 aromatic heterocycles. The molecule has 0 fully saturated rings. The Morgan fingerprint density at radius 1 is 1.20 bits per heavy atom. The molecule has 132 valence electrons. The summed E-state index contributed by atoms with van der Waals surface area (Å²) in [5.41, 5.74) is 0.432. The number of hydrogen-bond acceptors (Lipinski definition) is 6. The Bertz CT molecular complexity index is 897. The number of halogens is 1. The zero-order chi connectivity index (χ0) is 18.6. The maximum Gasteiger partial charge on any atom is 0.338 e. The molecule has 0 saturated heterocycles. The number of ether oxygens (including phenoxy) is 1. The molecule has 0 aliphatic carbocycles. The number of carbonyl (C=O) groups is 2. The molecule has 0 bridgehead atoms. The fraction of sp³-hybridized carbons (Fsp3) is 0.188. The topological polar surface area (TPSA) is 102 Å². The molecule has 7 nitrogen and oxygen atoms in total. The second kappa shape index (κ2) is 7.62. The highest BCUT2D eigenvalue weighted by Gasteiger charge is 2.20. The van der Waals surface area contributed by atoms with Crippen molar-refractivity contribution in [3.63, 3.8) is 0 Å². The van der Waals surface area contributed by atoms with Gasteiger partial charge in [0.05, 0.1) is 16.1 Å². The van der Waals surface area contributed by atoms with E-state index >= 15 is 0 Å². The minimum absolute atomic E-state index is 0.0843. The van der Waals surface area contributed by atoms with Gasteiger partial charge in [0.15, 0.2) is 21.1 Å². The van der Waals surface area contributed by atoms with E-state index in [2.05, 4.69) is 10.3 Å². The Hall–Kier alpha value is -2.45. The Morgan fingerprint density at radius 3 is 2.40 bits per heavy atom. The SMILES string of the molecule is C[C@@H](OC(=O)c1ccc(S(C)(=O)=O)cc1)C(=O)Nc1cccnc1Cl. The second-order valence-corrected chi connectivity index (χ2v) is 7.55. The highest BCUT2D eigenvalue weighted by Crippen LogP contribution is 2.18. The van der Waals surface area contributed by atoms with Gasteiger partial charge >= 0.3 is 5.97 Å². The number of nitrogens with zero attached hydrogens (tertiary/aromatic N) is 1. The van der Waals surface area contributed by atoms with Crippen LogP contribution in [0.1, 0.15) is 17.3 Å². The van der Waals surface area contributed by atoms with Crippen LogP contribution in [0.25, 0.3) is 0 Å². The van der Waals surface area contributed by atoms with Gasteiger partial charge in [-0.2, -0.15) is 0 Å². The lowest BCUT2D eigenvalue weighted by atomic mass is 10.2. The minimum atomic E-state index is -3.36. The molecule has 2 rings (SSSR count). The number of pyridine rings is 1. The fourth-order valence-corrected chi connectivity index (χ4v) is 2.63. The van der Waals surface area contributed by atoms with E-state index in [-0.39, 0.29) is 15.6 Å². The van der Waals surface area contributed by atoms with Crippen molar-refractivity contribution in [2.24, 2.45) is 0 Å². The van der Waals surface area contributed by atoms with Gasteiger partial charge in [0.2, 0.25) is 0 Å². The van der Waals surface area contributed by atoms with Crippen LogP contribution >= 0.6 is 11.6 Å². The Balaban J connectivity index is 2.02. The number of sulfone groups is 1. The molecule has 1 amide bonds. The van der Waals surface area contributed by atoms with E-state index in [4.69, 9.17) is 16.3 Å². The van der Waals surface area contributed by atoms with Gasteiger partial charge in [0.25, 0.3) is 5.91 Å². The average molecular weight is 383 g/mol. The van der Waals surface area contributed by atoms with Gasteiger partial charge in [0, 0.05) is 12.5 Å². The average Bonchev–Trinajstić information content (AvgIpc) is 2.56. The first kappa shape index (κ1) is 18.9. The Morgan fingerprint density at radius 2 is 1.84 bits per heavy atom. The number of anilines is 1. The number of hydrogen-bond donors (Lipinski definition) is 1. The molecule has 0 spiro atoms. The van der Waals surface area contributed by atoms with Crippen molar-refractivity contribution < 1.29 is 22.7 Å². The van der Waals surface area contributed by atoms with Crippen LogP contribution in [0.2, 0.25) is 5.15 Å². The quantitative estimate of drug-likeness (QED) is 0.628. The van der Waals surface area contributed by atoms with Gasteiger partial charge in [-0.25, -0.2) is 18.2 Å². The van der Waals surface area contributed by atoms with Crippen molar-refractivity contribution in [1.29, 1.82) is 0 Å². The molecular weight excluding hydrogens is 368 g/mol. The minimum Gasteiger partial charge on any atom is -0.449 e. The van der Waals surface area contributed by atoms with Gasteiger partial charge in [-0.15, -0.1) is 0 Å². The highest BCUT2D eigenvalue weighted by molar-refractivity contribution is 7.90. The van der Waals surface area contributed by atoms with Crippen LogP contribution in [0.3, 0.4) is 0 Å². The predicted octanol–water partition coefficient (Wildman–Crippen LogP) is 2.32. The van der Waals surface area contributed by atoms with Crippen LogP contribution in [-0.4, -0.2) is 37.6 Å². The van der Waals surface area contributed by atoms with E-state index < -0.39 is 27.8 Å². The number of nitrogens with one attached hydrogen (secondary N) is 1. The first-order chi connectivity index (χ1) is 11.7. The van der Waals surface area contributed by atoms with Crippen molar-refractivity contribution in [1.82, 2.24) is 4.98 Å². The largest absolute Gasteiger partial charge is 0.449 e. The van der Waals surface area contributed by atoms with Crippen molar-refractivity contribution >= 4 is 39.0 Å². The van der Waals surface area contributed by atoms with E-state index in [1.165, 1.54) is 37.4 Å². The van der Waals surface area contributed by atoms with E-state index in [0.717, 1.165) is 6.26 Å². The first-order valence-electron chi connectivity index (χ1n) is 7.11. The summed E-state index contributed by atoms with van der Waals surface area (Å²) in [6, 6.07) is 8.40. The smallest absolute Gasteiger partial charge is 0.338 e. The molecule has 2 aromatic rings. The standard InChI is InChI=1S/C16H15ClN2O5S/c1-10(15(20)19-13-4-3-9-18-14(13)17)24-16(21)11-5-7-12(8-6-11)25(2,22)23/h3-10H,1-2H3,(H,19,20)/t10-/m1/s1. The van der Waals surface area contributed by atoms with Crippen LogP contribution in [0.4, 0.5) is 5.69 Å². The zero-order valence-electron chi connectivity index (χ0n) is 13.4. The molecule has 25 heavy (non-hydrogen) atoms. The fourth-order valence-electron chi connectivity index (χ4n) is 1.83. The molecule has 0 aliphatic rings. The monoisotopic (exact) mass is 382 g/mol. The number of rotatable bonds is 5. The maximum atomic E-state index is 12.1. The molecule has 1 heterocycles. The summed E-state index contributed by atoms with van der Waals surface area (Å²) < 4.78 is 27.9. The third-order valence-corrected chi connectivity index (χ3v) is 4.62. The van der Waals surface area contributed by atoms with Crippen molar-refractivity contribution in [3.8, 4) is 0 Å². The number of benzene rings is 1. The van der Waals surface area contributed by atoms with Gasteiger partial charge in [-0.05, 0) is 43.3 Å². The predicted molar refractivity (Wildman–Crippen MR) is 92.3 cm³/mol. The van der Waals surface area contributed by atoms with Crippen molar-refractivity contribution in [3.05, 3.63) is 53.3 Å². The molecule has 0 radical (unpaired) electrons. The lowest BCUT2D eigenvalue weighted by Gasteiger charge is -2.14. The zero-order valence-corrected chi connectivity index (χ0v) is 15.0. The van der Waals surface area contributed by atoms with E-state index in [1.807, 2.05) is 0 Å². The molecule has 1 aromatic carbocycles. The maximum absolute atomic E-state index is 12.1.